The summed E-state index contributed by atoms with van der Waals surface area (Å²) in [6.07, 6.45) is 0.120. The molecule has 10 nitrogen and oxygen atoms in total. The molecule has 2 aromatic carbocycles. The Morgan fingerprint density at radius 3 is 2.48 bits per heavy atom. The molecular formula is C23H28N4O6. The number of anilines is 1. The SMILES string of the molecule is CN[C@@H]1C(=O)NCC(=O)NC(C(=O)OC)Cc2cc(N)c(OC)c(c2)-c2cc1ccc2OC. The predicted octanol–water partition coefficient (Wildman–Crippen LogP) is 0.544. The van der Waals surface area contributed by atoms with E-state index in [9.17, 15) is 14.4 Å². The van der Waals surface area contributed by atoms with Gasteiger partial charge in [-0.3, -0.25) is 9.59 Å². The molecular weight excluding hydrogens is 428 g/mol. The van der Waals surface area contributed by atoms with Crippen LogP contribution < -0.4 is 31.2 Å². The lowest BCUT2D eigenvalue weighted by atomic mass is 9.93. The molecule has 0 saturated heterocycles. The number of nitrogens with two attached hydrogens (primary N) is 1. The highest BCUT2D eigenvalue weighted by Crippen LogP contribution is 2.42. The number of methoxy groups -OCH3 is 3. The Labute approximate surface area is 191 Å². The Hall–Kier alpha value is -3.79. The predicted molar refractivity (Wildman–Crippen MR) is 122 cm³/mol. The first-order chi connectivity index (χ1) is 15.8. The number of carbonyl (C=O) groups excluding carboxylic acids is 3. The van der Waals surface area contributed by atoms with Crippen LogP contribution in [0.2, 0.25) is 0 Å². The number of ether oxygens (including phenoxy) is 3. The number of rotatable bonds is 4. The van der Waals surface area contributed by atoms with Crippen LogP contribution in [0.5, 0.6) is 11.5 Å². The largest absolute Gasteiger partial charge is 0.496 e. The second-order valence-electron chi connectivity index (χ2n) is 7.51. The maximum atomic E-state index is 12.8. The lowest BCUT2D eigenvalue weighted by Gasteiger charge is -2.23. The molecule has 1 unspecified atom stereocenters. The summed E-state index contributed by atoms with van der Waals surface area (Å²) in [6, 6.07) is 7.11. The monoisotopic (exact) mass is 456 g/mol. The normalized spacial score (nSPS) is 18.4. The summed E-state index contributed by atoms with van der Waals surface area (Å²) in [5, 5.41) is 8.18. The average Bonchev–Trinajstić information content (AvgIpc) is 2.81. The summed E-state index contributed by atoms with van der Waals surface area (Å²) in [6.45, 7) is -0.302. The van der Waals surface area contributed by atoms with Crippen molar-refractivity contribution in [3.63, 3.8) is 0 Å². The van der Waals surface area contributed by atoms with Crippen molar-refractivity contribution in [2.24, 2.45) is 0 Å². The van der Waals surface area contributed by atoms with Crippen molar-refractivity contribution in [2.45, 2.75) is 18.5 Å². The van der Waals surface area contributed by atoms with Crippen LogP contribution in [-0.2, 0) is 25.5 Å². The highest BCUT2D eigenvalue weighted by Gasteiger charge is 2.27. The molecule has 0 aromatic heterocycles. The molecule has 2 aromatic rings. The van der Waals surface area contributed by atoms with Gasteiger partial charge in [0.1, 0.15) is 23.6 Å². The molecule has 176 valence electrons. The second-order valence-corrected chi connectivity index (χ2v) is 7.51. The van der Waals surface area contributed by atoms with Crippen molar-refractivity contribution in [3.8, 4) is 22.6 Å². The molecule has 2 amide bonds. The number of nitrogen functional groups attached to an aromatic ring is 1. The van der Waals surface area contributed by atoms with Gasteiger partial charge in [0.15, 0.2) is 0 Å². The summed E-state index contributed by atoms with van der Waals surface area (Å²) < 4.78 is 16.0. The van der Waals surface area contributed by atoms with Crippen LogP contribution in [0.15, 0.2) is 30.3 Å². The smallest absolute Gasteiger partial charge is 0.328 e. The van der Waals surface area contributed by atoms with Crippen LogP contribution >= 0.6 is 0 Å². The topological polar surface area (TPSA) is 141 Å². The zero-order valence-electron chi connectivity index (χ0n) is 19.0. The van der Waals surface area contributed by atoms with Gasteiger partial charge in [-0.2, -0.15) is 0 Å². The van der Waals surface area contributed by atoms with Crippen molar-refractivity contribution >= 4 is 23.5 Å². The van der Waals surface area contributed by atoms with Gasteiger partial charge in [0.05, 0.1) is 33.6 Å². The lowest BCUT2D eigenvalue weighted by Crippen LogP contribution is -2.48. The number of benzene rings is 2. The molecule has 1 aliphatic heterocycles. The zero-order valence-corrected chi connectivity index (χ0v) is 19.0. The van der Waals surface area contributed by atoms with E-state index < -0.39 is 29.9 Å². The number of amides is 2. The van der Waals surface area contributed by atoms with Gasteiger partial charge < -0.3 is 35.9 Å². The highest BCUT2D eigenvalue weighted by atomic mass is 16.5. The van der Waals surface area contributed by atoms with Gasteiger partial charge in [0, 0.05) is 17.5 Å². The van der Waals surface area contributed by atoms with E-state index in [-0.39, 0.29) is 13.0 Å². The van der Waals surface area contributed by atoms with Crippen LogP contribution in [0.1, 0.15) is 17.2 Å². The van der Waals surface area contributed by atoms with Gasteiger partial charge in [-0.05, 0) is 42.4 Å². The standard InChI is InChI=1S/C23H28N4O6/c1-25-20-13-5-6-18(31-2)14(10-13)15-7-12(8-16(24)21(15)32-3)9-17(23(30)33-4)27-19(28)11-26-22(20)29/h5-8,10,17,20,25H,9,11,24H2,1-4H3,(H,26,29)(H,27,28)/t17?,20-/m0/s1. The molecule has 4 bridgehead atoms. The molecule has 10 heteroatoms. The molecule has 0 radical (unpaired) electrons. The third kappa shape index (κ3) is 5.01. The van der Waals surface area contributed by atoms with Crippen LogP contribution in [0.3, 0.4) is 0 Å². The Morgan fingerprint density at radius 2 is 1.85 bits per heavy atom. The van der Waals surface area contributed by atoms with E-state index in [2.05, 4.69) is 16.0 Å². The van der Waals surface area contributed by atoms with Gasteiger partial charge >= 0.3 is 5.97 Å². The minimum atomic E-state index is -0.976. The molecule has 33 heavy (non-hydrogen) atoms. The van der Waals surface area contributed by atoms with Crippen LogP contribution in [0.4, 0.5) is 5.69 Å². The van der Waals surface area contributed by atoms with E-state index in [0.717, 1.165) is 0 Å². The Balaban J connectivity index is 2.26. The fourth-order valence-corrected chi connectivity index (χ4v) is 3.91. The lowest BCUT2D eigenvalue weighted by molar-refractivity contribution is -0.145. The van der Waals surface area contributed by atoms with Crippen LogP contribution in [0.25, 0.3) is 11.1 Å². The summed E-state index contributed by atoms with van der Waals surface area (Å²) in [7, 11) is 5.93. The third-order valence-corrected chi connectivity index (χ3v) is 5.46. The quantitative estimate of drug-likeness (QED) is 0.386. The molecule has 0 fully saturated rings. The van der Waals surface area contributed by atoms with Gasteiger partial charge in [0.2, 0.25) is 11.8 Å². The molecule has 1 heterocycles. The minimum absolute atomic E-state index is 0.120. The van der Waals surface area contributed by atoms with E-state index in [1.807, 2.05) is 12.1 Å². The Kier molecular flexibility index (Phi) is 7.39. The first-order valence-corrected chi connectivity index (χ1v) is 10.3. The number of fused-ring (bicyclic) bond motifs is 5. The van der Waals surface area contributed by atoms with Crippen molar-refractivity contribution in [2.75, 3.05) is 40.7 Å². The molecule has 1 aliphatic rings. The van der Waals surface area contributed by atoms with Crippen molar-refractivity contribution in [1.82, 2.24) is 16.0 Å². The summed E-state index contributed by atoms with van der Waals surface area (Å²) in [5.74, 6) is -0.581. The molecule has 0 saturated carbocycles. The fraction of sp³-hybridized carbons (Fsp3) is 0.348. The van der Waals surface area contributed by atoms with Crippen molar-refractivity contribution < 1.29 is 28.6 Å². The molecule has 0 spiro atoms. The maximum Gasteiger partial charge on any atom is 0.328 e. The number of hydrogen-bond acceptors (Lipinski definition) is 8. The second kappa shape index (κ2) is 10.2. The third-order valence-electron chi connectivity index (χ3n) is 5.46. The van der Waals surface area contributed by atoms with Gasteiger partial charge in [0.25, 0.3) is 0 Å². The average molecular weight is 456 g/mol. The molecule has 5 N–H and O–H groups in total. The first kappa shape index (κ1) is 23.9. The van der Waals surface area contributed by atoms with Crippen molar-refractivity contribution in [1.29, 1.82) is 0 Å². The summed E-state index contributed by atoms with van der Waals surface area (Å²) in [5.41, 5.74) is 9.24. The number of nitrogens with one attached hydrogen (secondary N) is 3. The van der Waals surface area contributed by atoms with Crippen LogP contribution in [-0.4, -0.2) is 58.7 Å². The summed E-state index contributed by atoms with van der Waals surface area (Å²) in [4.78, 5) is 37.6. The van der Waals surface area contributed by atoms with Gasteiger partial charge in [-0.25, -0.2) is 4.79 Å². The van der Waals surface area contributed by atoms with Crippen LogP contribution in [0, 0.1) is 0 Å². The highest BCUT2D eigenvalue weighted by molar-refractivity contribution is 5.91. The number of carbonyl (C=O) groups is 3. The first-order valence-electron chi connectivity index (χ1n) is 10.3. The number of likely N-dealkylation sites (N-methyl/N-ethyl adjacent to an activating group) is 1. The number of hydrogen-bond donors (Lipinski definition) is 4. The summed E-state index contributed by atoms with van der Waals surface area (Å²) >= 11 is 0. The number of esters is 1. The molecule has 3 rings (SSSR count). The molecule has 0 aliphatic carbocycles. The van der Waals surface area contributed by atoms with E-state index in [1.165, 1.54) is 14.2 Å². The van der Waals surface area contributed by atoms with Gasteiger partial charge in [-0.1, -0.05) is 6.07 Å². The van der Waals surface area contributed by atoms with Crippen molar-refractivity contribution in [3.05, 3.63) is 41.5 Å². The Bertz CT molecular complexity index is 1070. The molecule has 2 atom stereocenters. The van der Waals surface area contributed by atoms with Gasteiger partial charge in [-0.15, -0.1) is 0 Å². The zero-order chi connectivity index (χ0) is 24.1. The minimum Gasteiger partial charge on any atom is -0.496 e. The fourth-order valence-electron chi connectivity index (χ4n) is 3.91. The van der Waals surface area contributed by atoms with E-state index in [1.54, 1.807) is 32.4 Å². The van der Waals surface area contributed by atoms with E-state index in [4.69, 9.17) is 19.9 Å². The Morgan fingerprint density at radius 1 is 1.09 bits per heavy atom. The maximum absolute atomic E-state index is 12.8. The van der Waals surface area contributed by atoms with E-state index >= 15 is 0 Å². The van der Waals surface area contributed by atoms with E-state index in [0.29, 0.717) is 39.4 Å².